The van der Waals surface area contributed by atoms with E-state index in [2.05, 4.69) is 229 Å². The topological polar surface area (TPSA) is 33.4 Å². The molecule has 0 bridgehead atoms. The normalized spacial score (nSPS) is 14.3. The van der Waals surface area contributed by atoms with Gasteiger partial charge in [0, 0.05) is 38.7 Å². The van der Waals surface area contributed by atoms with E-state index < -0.39 is 5.41 Å². The van der Waals surface area contributed by atoms with Crippen LogP contribution in [0.4, 0.5) is 17.1 Å². The summed E-state index contributed by atoms with van der Waals surface area (Å²) in [5.41, 5.74) is 21.5. The summed E-state index contributed by atoms with van der Waals surface area (Å²) >= 11 is 0. The van der Waals surface area contributed by atoms with E-state index in [0.717, 1.165) is 45.0 Å². The highest BCUT2D eigenvalue weighted by molar-refractivity contribution is 6.12. The second-order valence-electron chi connectivity index (χ2n) is 18.1. The Morgan fingerprint density at radius 1 is 0.406 bits per heavy atom. The molecule has 3 aliphatic rings. The van der Waals surface area contributed by atoms with E-state index in [4.69, 9.17) is 10.2 Å². The average molecular weight is 817 g/mol. The van der Waals surface area contributed by atoms with Gasteiger partial charge in [-0.25, -0.2) is 0 Å². The number of rotatable bonds is 4. The van der Waals surface area contributed by atoms with Crippen LogP contribution >= 0.6 is 0 Å². The van der Waals surface area contributed by atoms with Crippen molar-refractivity contribution in [3.8, 4) is 44.8 Å². The Morgan fingerprint density at radius 3 is 1.66 bits per heavy atom. The molecule has 0 aliphatic heterocycles. The number of pyridine rings is 1. The van der Waals surface area contributed by atoms with Crippen molar-refractivity contribution in [1.29, 1.82) is 0 Å². The first kappa shape index (κ1) is 35.5. The minimum atomic E-state index is -0.450. The summed E-state index contributed by atoms with van der Waals surface area (Å²) in [4.78, 5) is 2.50. The zero-order valence-electron chi connectivity index (χ0n) is 35.4. The molecule has 9 aromatic carbocycles. The van der Waals surface area contributed by atoms with Gasteiger partial charge in [-0.15, -0.1) is 10.2 Å². The third kappa shape index (κ3) is 4.46. The Balaban J connectivity index is 1.01. The summed E-state index contributed by atoms with van der Waals surface area (Å²) in [6, 6.07) is 76.3. The zero-order chi connectivity index (χ0) is 42.3. The minimum absolute atomic E-state index is 0.161. The van der Waals surface area contributed by atoms with E-state index in [-0.39, 0.29) is 5.41 Å². The van der Waals surface area contributed by atoms with Crippen molar-refractivity contribution in [2.24, 2.45) is 0 Å². The molecule has 4 heteroatoms. The molecule has 2 heterocycles. The number of anilines is 3. The van der Waals surface area contributed by atoms with Crippen molar-refractivity contribution in [2.45, 2.75) is 24.7 Å². The molecule has 2 aromatic heterocycles. The van der Waals surface area contributed by atoms with Crippen molar-refractivity contribution < 1.29 is 0 Å². The van der Waals surface area contributed by atoms with Crippen molar-refractivity contribution in [2.75, 3.05) is 4.90 Å². The molecule has 14 rings (SSSR count). The second kappa shape index (κ2) is 12.7. The predicted molar refractivity (Wildman–Crippen MR) is 262 cm³/mol. The lowest BCUT2D eigenvalue weighted by Gasteiger charge is -2.32. The third-order valence-corrected chi connectivity index (χ3v) is 14.7. The number of aromatic nitrogens is 3. The van der Waals surface area contributed by atoms with Crippen LogP contribution < -0.4 is 4.90 Å². The highest BCUT2D eigenvalue weighted by Crippen LogP contribution is 2.65. The number of hydrogen-bond acceptors (Lipinski definition) is 3. The maximum absolute atomic E-state index is 4.88. The molecule has 0 atom stereocenters. The maximum Gasteiger partial charge on any atom is 0.169 e. The number of nitrogens with zero attached hydrogens (tertiary/aromatic N) is 4. The van der Waals surface area contributed by atoms with Crippen LogP contribution in [0.15, 0.2) is 206 Å². The summed E-state index contributed by atoms with van der Waals surface area (Å²) in [7, 11) is 0. The molecule has 3 aliphatic carbocycles. The van der Waals surface area contributed by atoms with Crippen LogP contribution in [-0.4, -0.2) is 14.6 Å². The smallest absolute Gasteiger partial charge is 0.169 e. The number of para-hydroxylation sites is 1. The van der Waals surface area contributed by atoms with Crippen LogP contribution in [0, 0.1) is 0 Å². The molecule has 0 N–H and O–H groups in total. The van der Waals surface area contributed by atoms with Crippen molar-refractivity contribution >= 4 is 44.4 Å². The van der Waals surface area contributed by atoms with E-state index in [0.29, 0.717) is 0 Å². The third-order valence-electron chi connectivity index (χ3n) is 14.7. The monoisotopic (exact) mass is 816 g/mol. The standard InChI is InChI=1S/C60H40N4/c1-59(2)48-23-10-5-17-41(48)44-35-34-39(36-53(44)59)63(38-32-30-37(31-33-38)57-61-62-58-46-21-4-3-16-40(46)45-20-9-14-28-54(45)64(57)58)55-29-15-27-52-56(55)47-22-8-13-26-51(47)60(52)49-24-11-6-18-42(49)43-19-7-12-25-50(43)60/h3-36H,1-2H3. The van der Waals surface area contributed by atoms with Crippen LogP contribution in [0.3, 0.4) is 0 Å². The summed E-state index contributed by atoms with van der Waals surface area (Å²) in [5.74, 6) is 0.821. The lowest BCUT2D eigenvalue weighted by atomic mass is 9.70. The SMILES string of the molecule is CC1(C)c2ccccc2-c2ccc(N(c3ccc(-c4nnc5c6ccccc6c6ccccc6n45)cc3)c3cccc4c3-c3ccccc3C43c4ccccc4-c4ccccc43)cc21. The quantitative estimate of drug-likeness (QED) is 0.166. The van der Waals surface area contributed by atoms with Gasteiger partial charge in [-0.3, -0.25) is 4.40 Å². The fourth-order valence-corrected chi connectivity index (χ4v) is 12.0. The Morgan fingerprint density at radius 2 is 0.938 bits per heavy atom. The maximum atomic E-state index is 4.88. The highest BCUT2D eigenvalue weighted by atomic mass is 15.2. The van der Waals surface area contributed by atoms with Gasteiger partial charge in [0.05, 0.1) is 16.6 Å². The van der Waals surface area contributed by atoms with Crippen LogP contribution in [0.1, 0.15) is 47.2 Å². The number of benzene rings is 9. The van der Waals surface area contributed by atoms with Gasteiger partial charge in [0.2, 0.25) is 0 Å². The molecule has 1 spiro atoms. The van der Waals surface area contributed by atoms with E-state index in [1.54, 1.807) is 0 Å². The highest BCUT2D eigenvalue weighted by Gasteiger charge is 2.52. The van der Waals surface area contributed by atoms with Gasteiger partial charge in [-0.1, -0.05) is 172 Å². The van der Waals surface area contributed by atoms with Gasteiger partial charge >= 0.3 is 0 Å². The van der Waals surface area contributed by atoms with Gasteiger partial charge in [0.15, 0.2) is 11.5 Å². The van der Waals surface area contributed by atoms with Gasteiger partial charge in [-0.05, 0) is 115 Å². The fourth-order valence-electron chi connectivity index (χ4n) is 12.0. The summed E-state index contributed by atoms with van der Waals surface area (Å²) in [5, 5.41) is 13.2. The molecule has 4 nitrogen and oxygen atoms in total. The first-order valence-electron chi connectivity index (χ1n) is 22.3. The Hall–Kier alpha value is -8.08. The Bertz CT molecular complexity index is 3730. The Labute approximate surface area is 371 Å². The molecule has 300 valence electrons. The number of fused-ring (bicyclic) bond motifs is 19. The van der Waals surface area contributed by atoms with Crippen LogP contribution in [0.25, 0.3) is 72.1 Å². The molecule has 64 heavy (non-hydrogen) atoms. The lowest BCUT2D eigenvalue weighted by Crippen LogP contribution is -2.26. The van der Waals surface area contributed by atoms with E-state index in [9.17, 15) is 0 Å². The molecule has 0 radical (unpaired) electrons. The fraction of sp³-hybridized carbons (Fsp3) is 0.0667. The minimum Gasteiger partial charge on any atom is -0.310 e. The molecular weight excluding hydrogens is 777 g/mol. The van der Waals surface area contributed by atoms with E-state index in [1.165, 1.54) is 77.5 Å². The van der Waals surface area contributed by atoms with Gasteiger partial charge in [0.25, 0.3) is 0 Å². The molecule has 0 amide bonds. The lowest BCUT2D eigenvalue weighted by molar-refractivity contribution is 0.660. The summed E-state index contributed by atoms with van der Waals surface area (Å²) in [6.45, 7) is 4.73. The van der Waals surface area contributed by atoms with Crippen molar-refractivity contribution in [3.05, 3.63) is 240 Å². The molecule has 0 saturated carbocycles. The largest absolute Gasteiger partial charge is 0.310 e. The zero-order valence-corrected chi connectivity index (χ0v) is 35.4. The molecule has 11 aromatic rings. The van der Waals surface area contributed by atoms with Gasteiger partial charge in [-0.2, -0.15) is 0 Å². The van der Waals surface area contributed by atoms with Crippen LogP contribution in [-0.2, 0) is 10.8 Å². The average Bonchev–Trinajstić information content (AvgIpc) is 4.08. The van der Waals surface area contributed by atoms with Gasteiger partial charge < -0.3 is 4.90 Å². The second-order valence-corrected chi connectivity index (χ2v) is 18.1. The summed E-state index contributed by atoms with van der Waals surface area (Å²) < 4.78 is 2.22. The Kier molecular flexibility index (Phi) is 7.07. The molecular formula is C60H40N4. The van der Waals surface area contributed by atoms with E-state index in [1.807, 2.05) is 0 Å². The molecule has 0 unspecified atom stereocenters. The first-order chi connectivity index (χ1) is 31.5. The van der Waals surface area contributed by atoms with Crippen molar-refractivity contribution in [3.63, 3.8) is 0 Å². The van der Waals surface area contributed by atoms with Crippen molar-refractivity contribution in [1.82, 2.24) is 14.6 Å². The van der Waals surface area contributed by atoms with Gasteiger partial charge in [0.1, 0.15) is 0 Å². The predicted octanol–water partition coefficient (Wildman–Crippen LogP) is 14.8. The number of hydrogen-bond donors (Lipinski definition) is 0. The van der Waals surface area contributed by atoms with E-state index >= 15 is 0 Å². The molecule has 0 fully saturated rings. The summed E-state index contributed by atoms with van der Waals surface area (Å²) in [6.07, 6.45) is 0. The van der Waals surface area contributed by atoms with Crippen LogP contribution in [0.2, 0.25) is 0 Å². The first-order valence-corrected chi connectivity index (χ1v) is 22.3. The van der Waals surface area contributed by atoms with Crippen LogP contribution in [0.5, 0.6) is 0 Å². The molecule has 0 saturated heterocycles.